The van der Waals surface area contributed by atoms with E-state index in [1.807, 2.05) is 20.8 Å². The Balaban J connectivity index is 4.43. The van der Waals surface area contributed by atoms with Gasteiger partial charge in [0.15, 0.2) is 0 Å². The number of carbonyl (C=O) groups is 1. The van der Waals surface area contributed by atoms with Crippen LogP contribution in [0.3, 0.4) is 0 Å². The Morgan fingerprint density at radius 2 is 1.91 bits per heavy atom. The number of rotatable bonds is 11. The Kier molecular flexibility index (Phi) is 10.2. The van der Waals surface area contributed by atoms with E-state index in [4.69, 9.17) is 26.7 Å². The number of carbonyl (C=O) groups excluding carboxylic acids is 1. The first-order valence-electron chi connectivity index (χ1n) is 7.23. The number of ether oxygens (including phenoxy) is 1. The van der Waals surface area contributed by atoms with Gasteiger partial charge in [0.05, 0.1) is 0 Å². The summed E-state index contributed by atoms with van der Waals surface area (Å²) < 4.78 is 26.8. The van der Waals surface area contributed by atoms with E-state index in [2.05, 4.69) is 6.58 Å². The predicted molar refractivity (Wildman–Crippen MR) is 75.4 cm³/mol. The summed E-state index contributed by atoms with van der Waals surface area (Å²) in [6.45, 7) is 9.39. The summed E-state index contributed by atoms with van der Waals surface area (Å²) in [4.78, 5) is 11.9. The van der Waals surface area contributed by atoms with Gasteiger partial charge in [-0.1, -0.05) is 0 Å². The molecule has 0 spiro atoms. The van der Waals surface area contributed by atoms with Crippen LogP contribution in [0.4, 0.5) is 0 Å². The van der Waals surface area contributed by atoms with Gasteiger partial charge >= 0.3 is 143 Å². The summed E-state index contributed by atoms with van der Waals surface area (Å²) in [6.07, 6.45) is 0.150. The monoisotopic (exact) mass is 370 g/mol. The molecule has 0 saturated carbocycles. The second kappa shape index (κ2) is 10.4. The fourth-order valence-electron chi connectivity index (χ4n) is 1.43. The molecule has 9 heteroatoms. The van der Waals surface area contributed by atoms with Crippen LogP contribution in [-0.2, 0) is 38.1 Å². The van der Waals surface area contributed by atoms with Crippen LogP contribution in [0.1, 0.15) is 40.0 Å². The van der Waals surface area contributed by atoms with Crippen LogP contribution in [0.25, 0.3) is 0 Å². The van der Waals surface area contributed by atoms with Crippen molar-refractivity contribution >= 4 is 5.97 Å². The molecule has 0 aliphatic rings. The molecule has 0 aromatic carbocycles. The van der Waals surface area contributed by atoms with Gasteiger partial charge in [0.25, 0.3) is 0 Å². The van der Waals surface area contributed by atoms with Crippen molar-refractivity contribution < 1.29 is 53.4 Å². The van der Waals surface area contributed by atoms with E-state index in [0.717, 1.165) is 0 Å². The zero-order valence-corrected chi connectivity index (χ0v) is 15.3. The minimum atomic E-state index is -3.65. The van der Waals surface area contributed by atoms with Crippen LogP contribution >= 0.6 is 0 Å². The van der Waals surface area contributed by atoms with Crippen molar-refractivity contribution in [2.45, 2.75) is 52.1 Å². The van der Waals surface area contributed by atoms with Crippen molar-refractivity contribution in [3.05, 3.63) is 12.7 Å². The topological polar surface area (TPSA) is 123 Å². The fourth-order valence-corrected chi connectivity index (χ4v) is 2.84. The molecule has 3 N–H and O–H groups in total. The standard InChI is InChI=1S/C9H16O6.C5H11O.O.Ti/c1-2-6-15-7(8(10)11)4-3-5-9(12,13)14;1-5(2,3)4-6;;/h2,7,12-14H,1,3-6H2,(H,10,11);4H2,1-3H3;;/q;-1;;+2/p-1. The average Bonchev–Trinajstić information content (AvgIpc) is 2.38. The molecule has 0 fully saturated rings. The van der Waals surface area contributed by atoms with E-state index in [1.165, 1.54) is 6.08 Å². The second-order valence-corrected chi connectivity index (χ2v) is 7.85. The first-order chi connectivity index (χ1) is 10.4. The molecule has 0 aliphatic heterocycles. The van der Waals surface area contributed by atoms with Crippen LogP contribution in [0, 0.1) is 5.41 Å². The van der Waals surface area contributed by atoms with E-state index in [9.17, 15) is 8.12 Å². The fraction of sp³-hybridized carbons (Fsp3) is 0.786. The first kappa shape index (κ1) is 22.5. The van der Waals surface area contributed by atoms with Gasteiger partial charge in [-0.15, -0.1) is 0 Å². The van der Waals surface area contributed by atoms with Crippen LogP contribution in [-0.4, -0.2) is 46.6 Å². The Labute approximate surface area is 143 Å². The van der Waals surface area contributed by atoms with Crippen LogP contribution in [0.5, 0.6) is 0 Å². The quantitative estimate of drug-likeness (QED) is 0.277. The second-order valence-electron chi connectivity index (χ2n) is 6.30. The third-order valence-corrected chi connectivity index (χ3v) is 3.63. The van der Waals surface area contributed by atoms with Gasteiger partial charge in [-0.25, -0.2) is 0 Å². The van der Waals surface area contributed by atoms with Crippen molar-refractivity contribution in [1.82, 2.24) is 0 Å². The molecule has 0 aromatic rings. The molecule has 1 atom stereocenters. The molecule has 0 aliphatic carbocycles. The van der Waals surface area contributed by atoms with E-state index in [-0.39, 0.29) is 37.9 Å². The summed E-state index contributed by atoms with van der Waals surface area (Å²) in [7, 11) is 0. The SMILES string of the molecule is C=CCOC(CCCC(O)(O)O)C(=O)[O][Ti](=[O])[O]CC(C)(C)C. The predicted octanol–water partition coefficient (Wildman–Crippen LogP) is 0.758. The molecule has 8 nitrogen and oxygen atoms in total. The molecule has 0 aromatic heterocycles. The molecule has 0 amide bonds. The summed E-state index contributed by atoms with van der Waals surface area (Å²) in [5.41, 5.74) is -0.208. The van der Waals surface area contributed by atoms with Gasteiger partial charge in [0.1, 0.15) is 0 Å². The van der Waals surface area contributed by atoms with Crippen LogP contribution in [0.15, 0.2) is 12.7 Å². The van der Waals surface area contributed by atoms with E-state index in [1.54, 1.807) is 0 Å². The maximum absolute atomic E-state index is 11.9. The maximum atomic E-state index is 11.9. The third-order valence-electron chi connectivity index (χ3n) is 2.46. The van der Waals surface area contributed by atoms with Crippen LogP contribution < -0.4 is 0 Å². The molecule has 0 rings (SSSR count). The minimum absolute atomic E-state index is 0.0565. The van der Waals surface area contributed by atoms with E-state index >= 15 is 0 Å². The summed E-state index contributed by atoms with van der Waals surface area (Å²) in [6, 6.07) is 0. The number of hydrogen-bond acceptors (Lipinski definition) is 8. The molecular formula is C14H26O8Ti. The van der Waals surface area contributed by atoms with Crippen molar-refractivity contribution in [2.75, 3.05) is 13.2 Å². The first-order valence-corrected chi connectivity index (χ1v) is 9.14. The third kappa shape index (κ3) is 13.6. The van der Waals surface area contributed by atoms with Crippen molar-refractivity contribution in [3.8, 4) is 0 Å². The Bertz CT molecular complexity index is 397. The van der Waals surface area contributed by atoms with Crippen molar-refractivity contribution in [3.63, 3.8) is 0 Å². The Hall–Kier alpha value is -0.476. The molecule has 0 saturated heterocycles. The van der Waals surface area contributed by atoms with Gasteiger partial charge < -0.3 is 0 Å². The molecule has 23 heavy (non-hydrogen) atoms. The van der Waals surface area contributed by atoms with Gasteiger partial charge in [0, 0.05) is 0 Å². The number of aliphatic hydroxyl groups is 3. The molecular weight excluding hydrogens is 344 g/mol. The van der Waals surface area contributed by atoms with E-state index < -0.39 is 36.7 Å². The van der Waals surface area contributed by atoms with Gasteiger partial charge in [-0.3, -0.25) is 0 Å². The Morgan fingerprint density at radius 3 is 2.39 bits per heavy atom. The van der Waals surface area contributed by atoms with E-state index in [0.29, 0.717) is 0 Å². The Morgan fingerprint density at radius 1 is 1.30 bits per heavy atom. The van der Waals surface area contributed by atoms with Crippen molar-refractivity contribution in [1.29, 1.82) is 0 Å². The number of hydrogen-bond donors (Lipinski definition) is 3. The van der Waals surface area contributed by atoms with Gasteiger partial charge in [-0.05, 0) is 0 Å². The molecule has 1 unspecified atom stereocenters. The summed E-state index contributed by atoms with van der Waals surface area (Å²) >= 11 is -3.65. The molecule has 0 radical (unpaired) electrons. The normalized spacial score (nSPS) is 13.5. The average molecular weight is 370 g/mol. The molecule has 0 bridgehead atoms. The van der Waals surface area contributed by atoms with Gasteiger partial charge in [0.2, 0.25) is 0 Å². The summed E-state index contributed by atoms with van der Waals surface area (Å²) in [5.74, 6) is -3.65. The molecule has 0 heterocycles. The zero-order valence-electron chi connectivity index (χ0n) is 13.8. The zero-order chi connectivity index (χ0) is 18.1. The summed E-state index contributed by atoms with van der Waals surface area (Å²) in [5, 5.41) is 26.4. The van der Waals surface area contributed by atoms with Crippen LogP contribution in [0.2, 0.25) is 0 Å². The van der Waals surface area contributed by atoms with Gasteiger partial charge in [-0.2, -0.15) is 0 Å². The molecule has 134 valence electrons. The van der Waals surface area contributed by atoms with Crippen molar-refractivity contribution in [2.24, 2.45) is 5.41 Å².